The van der Waals surface area contributed by atoms with Gasteiger partial charge in [-0.3, -0.25) is 9.48 Å². The molecule has 2 aromatic carbocycles. The number of carbonyl (C=O) groups is 1. The van der Waals surface area contributed by atoms with Crippen molar-refractivity contribution in [3.05, 3.63) is 77.6 Å². The summed E-state index contributed by atoms with van der Waals surface area (Å²) in [7, 11) is -0.542. The molecule has 0 bridgehead atoms. The number of hydrogen-bond donors (Lipinski definition) is 1. The number of carbonyl (C=O) groups excluding carboxylic acids is 1. The molecule has 4 rings (SSSR count). The molecule has 0 atom stereocenters. The average molecular weight is 465 g/mol. The van der Waals surface area contributed by atoms with Crippen LogP contribution in [0.3, 0.4) is 0 Å². The van der Waals surface area contributed by atoms with Gasteiger partial charge in [-0.05, 0) is 50.3 Å². The fraction of sp³-hybridized carbons (Fsp3) is 0.167. The van der Waals surface area contributed by atoms with Crippen molar-refractivity contribution >= 4 is 32.9 Å². The van der Waals surface area contributed by atoms with E-state index in [1.54, 1.807) is 30.0 Å². The molecular formula is C24H24N4O4S. The Balaban J connectivity index is 1.66. The normalized spacial score (nSPS) is 11.9. The number of sulfonamides is 1. The zero-order valence-electron chi connectivity index (χ0n) is 18.7. The molecule has 0 saturated heterocycles. The largest absolute Gasteiger partial charge is 0.497 e. The van der Waals surface area contributed by atoms with E-state index >= 15 is 0 Å². The van der Waals surface area contributed by atoms with Crippen LogP contribution >= 0.6 is 0 Å². The first-order valence-electron chi connectivity index (χ1n) is 10.2. The molecule has 1 amide bonds. The van der Waals surface area contributed by atoms with Crippen molar-refractivity contribution in [3.63, 3.8) is 0 Å². The molecule has 0 aliphatic rings. The van der Waals surface area contributed by atoms with Gasteiger partial charge in [0, 0.05) is 36.3 Å². The summed E-state index contributed by atoms with van der Waals surface area (Å²) >= 11 is 0. The third-order valence-electron chi connectivity index (χ3n) is 5.33. The van der Waals surface area contributed by atoms with Crippen molar-refractivity contribution in [1.29, 1.82) is 0 Å². The summed E-state index contributed by atoms with van der Waals surface area (Å²) in [6.45, 7) is 3.69. The molecule has 0 radical (unpaired) electrons. The van der Waals surface area contributed by atoms with E-state index in [2.05, 4.69) is 9.82 Å². The van der Waals surface area contributed by atoms with Crippen molar-refractivity contribution < 1.29 is 17.9 Å². The van der Waals surface area contributed by atoms with Crippen LogP contribution in [0.25, 0.3) is 22.8 Å². The number of methoxy groups -OCH3 is 1. The van der Waals surface area contributed by atoms with Crippen molar-refractivity contribution in [2.75, 3.05) is 7.11 Å². The lowest BCUT2D eigenvalue weighted by Gasteiger charge is -2.09. The van der Waals surface area contributed by atoms with Crippen LogP contribution in [0, 0.1) is 13.8 Å². The molecule has 0 aliphatic carbocycles. The maximum atomic E-state index is 12.5. The SMILES string of the molecule is COc1ccc2ccn(-c3c(/C=C/C(=O)NS(=O)(=O)c4ccc(C)cc4)c(C)nn3C)c2c1. The van der Waals surface area contributed by atoms with Crippen LogP contribution < -0.4 is 9.46 Å². The van der Waals surface area contributed by atoms with Gasteiger partial charge in [0.25, 0.3) is 15.9 Å². The Bertz CT molecular complexity index is 1480. The van der Waals surface area contributed by atoms with E-state index in [9.17, 15) is 13.2 Å². The Morgan fingerprint density at radius 2 is 1.82 bits per heavy atom. The summed E-state index contributed by atoms with van der Waals surface area (Å²) in [5.74, 6) is 0.712. The van der Waals surface area contributed by atoms with Crippen LogP contribution in [-0.4, -0.2) is 35.8 Å². The van der Waals surface area contributed by atoms with Gasteiger partial charge in [0.2, 0.25) is 0 Å². The number of benzene rings is 2. The van der Waals surface area contributed by atoms with Crippen molar-refractivity contribution in [3.8, 4) is 11.6 Å². The molecule has 1 N–H and O–H groups in total. The zero-order valence-corrected chi connectivity index (χ0v) is 19.6. The minimum Gasteiger partial charge on any atom is -0.497 e. The average Bonchev–Trinajstić information content (AvgIpc) is 3.30. The Kier molecular flexibility index (Phi) is 5.82. The van der Waals surface area contributed by atoms with E-state index in [1.165, 1.54) is 18.2 Å². The first-order valence-corrected chi connectivity index (χ1v) is 11.7. The highest BCUT2D eigenvalue weighted by atomic mass is 32.2. The third-order valence-corrected chi connectivity index (χ3v) is 6.70. The molecule has 2 aromatic heterocycles. The number of hydrogen-bond acceptors (Lipinski definition) is 5. The number of amides is 1. The molecule has 0 fully saturated rings. The van der Waals surface area contributed by atoms with Crippen molar-refractivity contribution in [2.24, 2.45) is 7.05 Å². The van der Waals surface area contributed by atoms with Gasteiger partial charge in [-0.1, -0.05) is 17.7 Å². The standard InChI is InChI=1S/C24H24N4O4S/c1-16-5-9-20(10-6-16)33(30,31)26-23(29)12-11-21-17(2)25-27(3)24(21)28-14-13-18-7-8-19(32-4)15-22(18)28/h5-15H,1-4H3,(H,26,29)/b12-11+. The van der Waals surface area contributed by atoms with Crippen LogP contribution in [0.5, 0.6) is 5.75 Å². The molecule has 0 spiro atoms. The first kappa shape index (κ1) is 22.3. The summed E-state index contributed by atoms with van der Waals surface area (Å²) in [5, 5.41) is 5.51. The summed E-state index contributed by atoms with van der Waals surface area (Å²) in [5.41, 5.74) is 3.23. The molecule has 0 saturated carbocycles. The van der Waals surface area contributed by atoms with E-state index in [0.717, 1.165) is 28.0 Å². The van der Waals surface area contributed by atoms with Crippen LogP contribution in [0.4, 0.5) is 0 Å². The van der Waals surface area contributed by atoms with Crippen molar-refractivity contribution in [1.82, 2.24) is 19.1 Å². The van der Waals surface area contributed by atoms with Gasteiger partial charge in [-0.25, -0.2) is 13.1 Å². The molecule has 170 valence electrons. The predicted octanol–water partition coefficient (Wildman–Crippen LogP) is 3.51. The Hall–Kier alpha value is -3.85. The summed E-state index contributed by atoms with van der Waals surface area (Å²) < 4.78 is 36.1. The Morgan fingerprint density at radius 1 is 1.09 bits per heavy atom. The van der Waals surface area contributed by atoms with Gasteiger partial charge < -0.3 is 9.30 Å². The second-order valence-electron chi connectivity index (χ2n) is 7.67. The van der Waals surface area contributed by atoms with E-state index in [1.807, 2.05) is 55.9 Å². The van der Waals surface area contributed by atoms with Crippen molar-refractivity contribution in [2.45, 2.75) is 18.7 Å². The minimum absolute atomic E-state index is 0.0286. The quantitative estimate of drug-likeness (QED) is 0.441. The highest BCUT2D eigenvalue weighted by Crippen LogP contribution is 2.28. The summed E-state index contributed by atoms with van der Waals surface area (Å²) in [6.07, 6.45) is 4.69. The lowest BCUT2D eigenvalue weighted by molar-refractivity contribution is -0.114. The number of nitrogens with zero attached hydrogens (tertiary/aromatic N) is 3. The molecule has 2 heterocycles. The van der Waals surface area contributed by atoms with E-state index in [4.69, 9.17) is 4.74 Å². The molecule has 0 aliphatic heterocycles. The monoisotopic (exact) mass is 464 g/mol. The number of aromatic nitrogens is 3. The van der Waals surface area contributed by atoms with Gasteiger partial charge in [0.15, 0.2) is 0 Å². The predicted molar refractivity (Wildman–Crippen MR) is 127 cm³/mol. The fourth-order valence-electron chi connectivity index (χ4n) is 3.66. The van der Waals surface area contributed by atoms with E-state index in [0.29, 0.717) is 11.3 Å². The topological polar surface area (TPSA) is 95.2 Å². The molecule has 33 heavy (non-hydrogen) atoms. The maximum absolute atomic E-state index is 12.5. The fourth-order valence-corrected chi connectivity index (χ4v) is 4.61. The lowest BCUT2D eigenvalue weighted by atomic mass is 10.2. The molecule has 4 aromatic rings. The van der Waals surface area contributed by atoms with Gasteiger partial charge in [-0.15, -0.1) is 0 Å². The van der Waals surface area contributed by atoms with Crippen LogP contribution in [0.2, 0.25) is 0 Å². The van der Waals surface area contributed by atoms with Crippen LogP contribution in [-0.2, 0) is 21.9 Å². The lowest BCUT2D eigenvalue weighted by Crippen LogP contribution is -2.28. The number of fused-ring (bicyclic) bond motifs is 1. The number of nitrogens with one attached hydrogen (secondary N) is 1. The highest BCUT2D eigenvalue weighted by molar-refractivity contribution is 7.90. The number of rotatable bonds is 6. The smallest absolute Gasteiger partial charge is 0.264 e. The Morgan fingerprint density at radius 3 is 2.52 bits per heavy atom. The van der Waals surface area contributed by atoms with Gasteiger partial charge in [0.1, 0.15) is 11.6 Å². The maximum Gasteiger partial charge on any atom is 0.264 e. The van der Waals surface area contributed by atoms with Gasteiger partial charge in [0.05, 0.1) is 23.2 Å². The molecule has 8 nitrogen and oxygen atoms in total. The molecule has 0 unspecified atom stereocenters. The van der Waals surface area contributed by atoms with E-state index in [-0.39, 0.29) is 4.90 Å². The van der Waals surface area contributed by atoms with Gasteiger partial charge >= 0.3 is 0 Å². The Labute approximate surface area is 192 Å². The molecule has 9 heteroatoms. The van der Waals surface area contributed by atoms with E-state index < -0.39 is 15.9 Å². The number of aryl methyl sites for hydroxylation is 3. The minimum atomic E-state index is -3.97. The summed E-state index contributed by atoms with van der Waals surface area (Å²) in [4.78, 5) is 12.5. The van der Waals surface area contributed by atoms with Crippen LogP contribution in [0.1, 0.15) is 16.8 Å². The second-order valence-corrected chi connectivity index (χ2v) is 9.36. The van der Waals surface area contributed by atoms with Gasteiger partial charge in [-0.2, -0.15) is 5.10 Å². The molecular weight excluding hydrogens is 440 g/mol. The van der Waals surface area contributed by atoms with Crippen LogP contribution in [0.15, 0.2) is 65.7 Å². The summed E-state index contributed by atoms with van der Waals surface area (Å²) in [6, 6.07) is 14.0. The first-order chi connectivity index (χ1) is 15.7. The number of ether oxygens (including phenoxy) is 1. The third kappa shape index (κ3) is 4.40. The zero-order chi connectivity index (χ0) is 23.8. The highest BCUT2D eigenvalue weighted by Gasteiger charge is 2.18. The second kappa shape index (κ2) is 8.59.